The van der Waals surface area contributed by atoms with Gasteiger partial charge in [-0.2, -0.15) is 0 Å². The molecule has 0 saturated carbocycles. The molecule has 0 unspecified atom stereocenters. The van der Waals surface area contributed by atoms with Gasteiger partial charge in [-0.05, 0) is 32.1 Å². The molecular weight excluding hydrogens is 496 g/mol. The highest BCUT2D eigenvalue weighted by Gasteiger charge is 2.16. The Morgan fingerprint density at radius 3 is 1.17 bits per heavy atom. The lowest BCUT2D eigenvalue weighted by molar-refractivity contribution is -0.704. The Hall–Kier alpha value is -0.790. The van der Waals surface area contributed by atoms with Crippen molar-refractivity contribution in [3.8, 4) is 0 Å². The summed E-state index contributed by atoms with van der Waals surface area (Å²) in [7, 11) is 0. The minimum absolute atomic E-state index is 1.22. The molecule has 0 radical (unpaired) electrons. The molecule has 1 aromatic heterocycles. The van der Waals surface area contributed by atoms with E-state index in [4.69, 9.17) is 0 Å². The third-order valence-corrected chi connectivity index (χ3v) is 9.35. The predicted molar refractivity (Wildman–Crippen MR) is 184 cm³/mol. The van der Waals surface area contributed by atoms with E-state index in [2.05, 4.69) is 42.3 Å². The monoisotopic (exact) mass is 574 g/mol. The Kier molecular flexibility index (Phi) is 28.6. The van der Waals surface area contributed by atoms with Gasteiger partial charge in [0.05, 0.1) is 13.1 Å². The number of nitrogens with zero attached hydrogens (tertiary/aromatic N) is 2. The van der Waals surface area contributed by atoms with E-state index in [1.165, 1.54) is 212 Å². The summed E-state index contributed by atoms with van der Waals surface area (Å²) in [5, 5.41) is 0. The molecule has 0 aliphatic rings. The molecule has 1 aromatic rings. The summed E-state index contributed by atoms with van der Waals surface area (Å²) < 4.78 is 5.22. The quantitative estimate of drug-likeness (QED) is 0.0584. The molecule has 0 aliphatic heterocycles. The van der Waals surface area contributed by atoms with Gasteiger partial charge in [-0.1, -0.05) is 181 Å². The molecule has 0 atom stereocenters. The molecular formula is C39H77N2+. The van der Waals surface area contributed by atoms with Crippen LogP contribution < -0.4 is 4.57 Å². The molecule has 0 N–H and O–H groups in total. The highest BCUT2D eigenvalue weighted by molar-refractivity contribution is 4.84. The Bertz CT molecular complexity index is 634. The minimum Gasteiger partial charge on any atom is -0.234 e. The Balaban J connectivity index is 2.14. The number of aryl methyl sites for hydroxylation is 2. The van der Waals surface area contributed by atoms with Crippen LogP contribution in [0.25, 0.3) is 0 Å². The first-order chi connectivity index (χ1) is 20.3. The average molecular weight is 574 g/mol. The van der Waals surface area contributed by atoms with E-state index in [1.54, 1.807) is 5.82 Å². The molecule has 2 heteroatoms. The molecule has 1 rings (SSSR count). The van der Waals surface area contributed by atoms with Crippen molar-refractivity contribution in [2.24, 2.45) is 0 Å². The fraction of sp³-hybridized carbons (Fsp3) is 0.923. The molecule has 0 bridgehead atoms. The lowest BCUT2D eigenvalue weighted by Gasteiger charge is -2.07. The number of imidazole rings is 1. The summed E-state index contributed by atoms with van der Waals surface area (Å²) in [5.74, 6) is 1.61. The van der Waals surface area contributed by atoms with E-state index < -0.39 is 0 Å². The molecule has 0 amide bonds. The maximum atomic E-state index is 2.62. The maximum absolute atomic E-state index is 2.62. The van der Waals surface area contributed by atoms with Crippen molar-refractivity contribution in [3.63, 3.8) is 0 Å². The lowest BCUT2D eigenvalue weighted by Crippen LogP contribution is -2.37. The second-order valence-electron chi connectivity index (χ2n) is 13.4. The van der Waals surface area contributed by atoms with Gasteiger partial charge in [0.15, 0.2) is 0 Å². The zero-order valence-electron chi connectivity index (χ0n) is 28.9. The summed E-state index contributed by atoms with van der Waals surface area (Å²) in [5.41, 5.74) is 0. The van der Waals surface area contributed by atoms with E-state index in [0.717, 1.165) is 0 Å². The Labute approximate surface area is 259 Å². The standard InChI is InChI=1S/C39H77N2/c1-4-7-10-12-14-16-18-20-22-24-26-28-30-33-36-41-38-37-40(35-32-9-6-3)39(41)34-31-29-27-25-23-21-19-17-15-13-11-8-5-2/h37-38H,4-36H2,1-3H3/q+1. The molecule has 2 nitrogen and oxygen atoms in total. The zero-order valence-corrected chi connectivity index (χ0v) is 28.9. The zero-order chi connectivity index (χ0) is 29.5. The SMILES string of the molecule is CCCCCCCCCCCCCCCCn1cc[n+](CCCCC)c1CCCCCCCCCCCCCCC. The van der Waals surface area contributed by atoms with E-state index in [1.807, 2.05) is 0 Å². The van der Waals surface area contributed by atoms with Crippen LogP contribution in [0.3, 0.4) is 0 Å². The number of hydrogen-bond donors (Lipinski definition) is 0. The third-order valence-electron chi connectivity index (χ3n) is 9.35. The van der Waals surface area contributed by atoms with Crippen LogP contribution in [0.2, 0.25) is 0 Å². The Morgan fingerprint density at radius 2 is 0.756 bits per heavy atom. The van der Waals surface area contributed by atoms with Crippen LogP contribution in [0.5, 0.6) is 0 Å². The number of unbranched alkanes of at least 4 members (excludes halogenated alkanes) is 27. The summed E-state index contributed by atoms with van der Waals surface area (Å²) >= 11 is 0. The van der Waals surface area contributed by atoms with Crippen molar-refractivity contribution in [3.05, 3.63) is 18.2 Å². The molecule has 0 saturated heterocycles. The van der Waals surface area contributed by atoms with Crippen LogP contribution in [-0.4, -0.2) is 4.57 Å². The van der Waals surface area contributed by atoms with Gasteiger partial charge in [-0.3, -0.25) is 0 Å². The fourth-order valence-electron chi connectivity index (χ4n) is 6.50. The number of hydrogen-bond acceptors (Lipinski definition) is 0. The first-order valence-electron chi connectivity index (χ1n) is 19.4. The first kappa shape index (κ1) is 38.2. The molecule has 41 heavy (non-hydrogen) atoms. The average Bonchev–Trinajstić information content (AvgIpc) is 3.36. The van der Waals surface area contributed by atoms with Gasteiger partial charge < -0.3 is 0 Å². The summed E-state index contributed by atoms with van der Waals surface area (Å²) in [6.07, 6.45) is 49.0. The minimum atomic E-state index is 1.22. The first-order valence-corrected chi connectivity index (χ1v) is 19.4. The highest BCUT2D eigenvalue weighted by Crippen LogP contribution is 2.15. The van der Waals surface area contributed by atoms with E-state index in [-0.39, 0.29) is 0 Å². The molecule has 0 aromatic carbocycles. The third kappa shape index (κ3) is 23.4. The Morgan fingerprint density at radius 1 is 0.415 bits per heavy atom. The van der Waals surface area contributed by atoms with Gasteiger partial charge in [0.1, 0.15) is 12.4 Å². The fourth-order valence-corrected chi connectivity index (χ4v) is 6.50. The van der Waals surface area contributed by atoms with Crippen LogP contribution >= 0.6 is 0 Å². The van der Waals surface area contributed by atoms with Crippen molar-refractivity contribution >= 4 is 0 Å². The van der Waals surface area contributed by atoms with Gasteiger partial charge in [-0.25, -0.2) is 9.13 Å². The highest BCUT2D eigenvalue weighted by atomic mass is 15.1. The van der Waals surface area contributed by atoms with Gasteiger partial charge in [0.2, 0.25) is 0 Å². The van der Waals surface area contributed by atoms with Crippen LogP contribution in [-0.2, 0) is 19.5 Å². The van der Waals surface area contributed by atoms with Crippen molar-refractivity contribution in [2.75, 3.05) is 0 Å². The van der Waals surface area contributed by atoms with Crippen molar-refractivity contribution < 1.29 is 4.57 Å². The van der Waals surface area contributed by atoms with Crippen LogP contribution in [0.1, 0.15) is 219 Å². The van der Waals surface area contributed by atoms with Gasteiger partial charge >= 0.3 is 0 Å². The maximum Gasteiger partial charge on any atom is 0.256 e. The summed E-state index contributed by atoms with van der Waals surface area (Å²) in [6.45, 7) is 9.38. The van der Waals surface area contributed by atoms with Gasteiger partial charge in [0, 0.05) is 6.42 Å². The number of aromatic nitrogens is 2. The van der Waals surface area contributed by atoms with Gasteiger partial charge in [-0.15, -0.1) is 0 Å². The molecule has 1 heterocycles. The summed E-state index contributed by atoms with van der Waals surface area (Å²) in [4.78, 5) is 0. The number of rotatable bonds is 33. The normalized spacial score (nSPS) is 11.6. The van der Waals surface area contributed by atoms with Crippen LogP contribution in [0.4, 0.5) is 0 Å². The topological polar surface area (TPSA) is 8.81 Å². The van der Waals surface area contributed by atoms with E-state index in [0.29, 0.717) is 0 Å². The molecule has 242 valence electrons. The van der Waals surface area contributed by atoms with E-state index >= 15 is 0 Å². The van der Waals surface area contributed by atoms with E-state index in [9.17, 15) is 0 Å². The molecule has 0 aliphatic carbocycles. The largest absolute Gasteiger partial charge is 0.256 e. The molecule has 0 spiro atoms. The second kappa shape index (κ2) is 30.7. The van der Waals surface area contributed by atoms with Crippen LogP contribution in [0.15, 0.2) is 12.4 Å². The van der Waals surface area contributed by atoms with Gasteiger partial charge in [0.25, 0.3) is 5.82 Å². The lowest BCUT2D eigenvalue weighted by atomic mass is 10.0. The smallest absolute Gasteiger partial charge is 0.234 e. The molecule has 0 fully saturated rings. The predicted octanol–water partition coefficient (Wildman–Crippen LogP) is 13.1. The second-order valence-corrected chi connectivity index (χ2v) is 13.4. The van der Waals surface area contributed by atoms with Crippen molar-refractivity contribution in [2.45, 2.75) is 233 Å². The van der Waals surface area contributed by atoms with Crippen molar-refractivity contribution in [1.29, 1.82) is 0 Å². The van der Waals surface area contributed by atoms with Crippen LogP contribution in [0, 0.1) is 0 Å². The van der Waals surface area contributed by atoms with Crippen molar-refractivity contribution in [1.82, 2.24) is 4.57 Å². The summed E-state index contributed by atoms with van der Waals surface area (Å²) in [6, 6.07) is 0.